The maximum Gasteiger partial charge on any atom is 0.223 e. The number of amides is 1. The van der Waals surface area contributed by atoms with Gasteiger partial charge in [-0.2, -0.15) is 0 Å². The fourth-order valence-corrected chi connectivity index (χ4v) is 6.08. The van der Waals surface area contributed by atoms with E-state index in [0.29, 0.717) is 41.5 Å². The van der Waals surface area contributed by atoms with E-state index < -0.39 is 4.33 Å². The molecule has 4 aliphatic rings. The zero-order valence-electron chi connectivity index (χ0n) is 12.5. The summed E-state index contributed by atoms with van der Waals surface area (Å²) in [6.07, 6.45) is 10.8. The molecule has 4 atom stereocenters. The third-order valence-electron chi connectivity index (χ3n) is 6.57. The minimum absolute atomic E-state index is 0.296. The molecule has 0 unspecified atom stereocenters. The van der Waals surface area contributed by atoms with Crippen molar-refractivity contribution in [2.24, 2.45) is 29.6 Å². The molecule has 2 nitrogen and oxygen atoms in total. The number of hydrogen-bond donors (Lipinski definition) is 1. The second-order valence-corrected chi connectivity index (χ2v) is 9.18. The summed E-state index contributed by atoms with van der Waals surface area (Å²) < 4.78 is -0.448. The van der Waals surface area contributed by atoms with E-state index in [9.17, 15) is 4.79 Å². The first kappa shape index (κ1) is 14.6. The Labute approximate surface area is 137 Å². The van der Waals surface area contributed by atoms with Crippen molar-refractivity contribution in [2.45, 2.75) is 68.2 Å². The summed E-state index contributed by atoms with van der Waals surface area (Å²) in [7, 11) is 0. The smallest absolute Gasteiger partial charge is 0.223 e. The van der Waals surface area contributed by atoms with E-state index in [2.05, 4.69) is 5.32 Å². The molecule has 4 fully saturated rings. The van der Waals surface area contributed by atoms with Crippen LogP contribution in [0.3, 0.4) is 0 Å². The highest BCUT2D eigenvalue weighted by molar-refractivity contribution is 6.51. The molecule has 4 rings (SSSR count). The maximum absolute atomic E-state index is 12.5. The van der Waals surface area contributed by atoms with Crippen molar-refractivity contribution < 1.29 is 4.79 Å². The predicted octanol–water partition coefficient (Wildman–Crippen LogP) is 4.29. The van der Waals surface area contributed by atoms with Crippen LogP contribution in [0.15, 0.2) is 0 Å². The van der Waals surface area contributed by atoms with E-state index in [4.69, 9.17) is 23.2 Å². The van der Waals surface area contributed by atoms with Gasteiger partial charge in [-0.1, -0.05) is 19.3 Å². The lowest BCUT2D eigenvalue weighted by molar-refractivity contribution is -0.123. The third kappa shape index (κ3) is 2.61. The molecule has 0 saturated heterocycles. The molecular weight excluding hydrogens is 305 g/mol. The highest BCUT2D eigenvalue weighted by Gasteiger charge is 2.65. The van der Waals surface area contributed by atoms with Crippen molar-refractivity contribution in [1.82, 2.24) is 5.32 Å². The highest BCUT2D eigenvalue weighted by atomic mass is 35.5. The van der Waals surface area contributed by atoms with E-state index in [-0.39, 0.29) is 0 Å². The van der Waals surface area contributed by atoms with Gasteiger partial charge in [0.1, 0.15) is 4.33 Å². The van der Waals surface area contributed by atoms with Crippen LogP contribution in [0.5, 0.6) is 0 Å². The molecule has 0 heterocycles. The van der Waals surface area contributed by atoms with Gasteiger partial charge < -0.3 is 5.32 Å². The van der Waals surface area contributed by atoms with Gasteiger partial charge in [-0.15, -0.1) is 23.2 Å². The second-order valence-electron chi connectivity index (χ2n) is 7.74. The minimum Gasteiger partial charge on any atom is -0.353 e. The molecule has 0 aromatic carbocycles. The molecule has 21 heavy (non-hydrogen) atoms. The molecule has 0 spiro atoms. The molecule has 0 bridgehead atoms. The van der Waals surface area contributed by atoms with E-state index in [1.54, 1.807) is 0 Å². The summed E-state index contributed by atoms with van der Waals surface area (Å²) in [5, 5.41) is 3.33. The lowest BCUT2D eigenvalue weighted by Crippen LogP contribution is -2.37. The van der Waals surface area contributed by atoms with Crippen LogP contribution in [-0.2, 0) is 4.79 Å². The van der Waals surface area contributed by atoms with Gasteiger partial charge in [0.05, 0.1) is 0 Å². The van der Waals surface area contributed by atoms with Crippen LogP contribution in [0, 0.1) is 29.6 Å². The normalized spacial score (nSPS) is 44.8. The molecule has 1 amide bonds. The SMILES string of the molecule is O=C(NC1CCCCC1)C1[C@H]2CC[C@@H]3[C@@H](CC[C@H]12)C3(Cl)Cl. The van der Waals surface area contributed by atoms with Crippen LogP contribution in [0.2, 0.25) is 0 Å². The Morgan fingerprint density at radius 1 is 0.857 bits per heavy atom. The van der Waals surface area contributed by atoms with Crippen molar-refractivity contribution in [1.29, 1.82) is 0 Å². The van der Waals surface area contributed by atoms with Crippen LogP contribution in [0.1, 0.15) is 57.8 Å². The minimum atomic E-state index is -0.448. The first-order valence-corrected chi connectivity index (χ1v) is 9.53. The molecule has 1 N–H and O–H groups in total. The first-order chi connectivity index (χ1) is 10.1. The number of fused-ring (bicyclic) bond motifs is 2. The van der Waals surface area contributed by atoms with Gasteiger partial charge in [-0.3, -0.25) is 4.79 Å². The van der Waals surface area contributed by atoms with Crippen LogP contribution >= 0.6 is 23.2 Å². The summed E-state index contributed by atoms with van der Waals surface area (Å²) in [5.41, 5.74) is 0. The molecule has 0 radical (unpaired) electrons. The van der Waals surface area contributed by atoms with Gasteiger partial charge in [-0.25, -0.2) is 0 Å². The van der Waals surface area contributed by atoms with Crippen LogP contribution < -0.4 is 5.32 Å². The fourth-order valence-electron chi connectivity index (χ4n) is 5.16. The number of alkyl halides is 2. The summed E-state index contributed by atoms with van der Waals surface area (Å²) >= 11 is 12.7. The van der Waals surface area contributed by atoms with Crippen LogP contribution in [-0.4, -0.2) is 16.3 Å². The van der Waals surface area contributed by atoms with Gasteiger partial charge in [0.2, 0.25) is 5.91 Å². The second kappa shape index (κ2) is 5.30. The molecule has 4 heteroatoms. The quantitative estimate of drug-likeness (QED) is 0.752. The summed E-state index contributed by atoms with van der Waals surface area (Å²) in [6, 6.07) is 0.449. The average Bonchev–Trinajstić information content (AvgIpc) is 3.24. The van der Waals surface area contributed by atoms with Crippen LogP contribution in [0.25, 0.3) is 0 Å². The predicted molar refractivity (Wildman–Crippen MR) is 85.4 cm³/mol. The number of nitrogens with one attached hydrogen (secondary N) is 1. The average molecular weight is 330 g/mol. The number of carbonyl (C=O) groups excluding carboxylic acids is 1. The number of rotatable bonds is 2. The lowest BCUT2D eigenvalue weighted by atomic mass is 9.95. The van der Waals surface area contributed by atoms with Crippen LogP contribution in [0.4, 0.5) is 0 Å². The maximum atomic E-state index is 12.5. The Balaban J connectivity index is 1.31. The summed E-state index contributed by atoms with van der Waals surface area (Å²) in [6.45, 7) is 0. The number of halogens is 2. The lowest BCUT2D eigenvalue weighted by Gasteiger charge is -2.22. The van der Waals surface area contributed by atoms with Crippen molar-refractivity contribution in [3.05, 3.63) is 0 Å². The molecule has 0 aliphatic heterocycles. The van der Waals surface area contributed by atoms with Crippen molar-refractivity contribution in [2.75, 3.05) is 0 Å². The van der Waals surface area contributed by atoms with Crippen molar-refractivity contribution >= 4 is 29.1 Å². The third-order valence-corrected chi connectivity index (χ3v) is 7.69. The van der Waals surface area contributed by atoms with E-state index in [0.717, 1.165) is 25.7 Å². The highest BCUT2D eigenvalue weighted by Crippen LogP contribution is 2.67. The fraction of sp³-hybridized carbons (Fsp3) is 0.941. The number of hydrogen-bond acceptors (Lipinski definition) is 1. The summed E-state index contributed by atoms with van der Waals surface area (Å²) in [5.74, 6) is 2.84. The van der Waals surface area contributed by atoms with Gasteiger partial charge in [0.15, 0.2) is 0 Å². The van der Waals surface area contributed by atoms with Crippen molar-refractivity contribution in [3.63, 3.8) is 0 Å². The summed E-state index contributed by atoms with van der Waals surface area (Å²) in [4.78, 5) is 12.5. The zero-order valence-corrected chi connectivity index (χ0v) is 14.0. The topological polar surface area (TPSA) is 29.1 Å². The van der Waals surface area contributed by atoms with Gasteiger partial charge in [0, 0.05) is 12.0 Å². The largest absolute Gasteiger partial charge is 0.353 e. The molecule has 4 aliphatic carbocycles. The van der Waals surface area contributed by atoms with E-state index >= 15 is 0 Å². The molecule has 4 saturated carbocycles. The Bertz CT molecular complexity index is 411. The molecule has 118 valence electrons. The Kier molecular flexibility index (Phi) is 3.69. The van der Waals surface area contributed by atoms with E-state index in [1.165, 1.54) is 32.1 Å². The van der Waals surface area contributed by atoms with E-state index in [1.807, 2.05) is 0 Å². The number of carbonyl (C=O) groups is 1. The van der Waals surface area contributed by atoms with Crippen molar-refractivity contribution in [3.8, 4) is 0 Å². The standard InChI is InChI=1S/C17H25Cl2NO/c18-17(19)13-8-6-11-12(7-9-14(13)17)15(11)16(21)20-10-4-2-1-3-5-10/h10-15H,1-9H2,(H,20,21)/t11-,12-,13+,14+/m0/s1. The van der Waals surface area contributed by atoms with Gasteiger partial charge in [0.25, 0.3) is 0 Å². The zero-order chi connectivity index (χ0) is 14.6. The monoisotopic (exact) mass is 329 g/mol. The Morgan fingerprint density at radius 3 is 2.00 bits per heavy atom. The van der Waals surface area contributed by atoms with Gasteiger partial charge >= 0.3 is 0 Å². The Morgan fingerprint density at radius 2 is 1.43 bits per heavy atom. The molecule has 0 aromatic rings. The Hall–Kier alpha value is 0.0500. The molecular formula is C17H25Cl2NO. The first-order valence-electron chi connectivity index (χ1n) is 8.77. The van der Waals surface area contributed by atoms with Gasteiger partial charge in [-0.05, 0) is 62.2 Å². The molecule has 0 aromatic heterocycles.